The van der Waals surface area contributed by atoms with E-state index in [0.29, 0.717) is 19.5 Å². The zero-order valence-corrected chi connectivity index (χ0v) is 17.5. The zero-order valence-electron chi connectivity index (χ0n) is 17.5. The fourth-order valence-electron chi connectivity index (χ4n) is 4.55. The highest BCUT2D eigenvalue weighted by molar-refractivity contribution is 5.95. The van der Waals surface area contributed by atoms with Crippen LogP contribution in [0.4, 0.5) is 10.5 Å². The van der Waals surface area contributed by atoms with Crippen molar-refractivity contribution in [2.24, 2.45) is 0 Å². The van der Waals surface area contributed by atoms with Crippen LogP contribution in [0, 0.1) is 0 Å². The van der Waals surface area contributed by atoms with Crippen LogP contribution < -0.4 is 5.32 Å². The molecule has 4 aromatic rings. The van der Waals surface area contributed by atoms with Crippen LogP contribution in [-0.2, 0) is 24.3 Å². The minimum absolute atomic E-state index is 0.0769. The number of urea groups is 1. The highest BCUT2D eigenvalue weighted by Gasteiger charge is 2.27. The lowest BCUT2D eigenvalue weighted by atomic mass is 10.0. The van der Waals surface area contributed by atoms with Crippen molar-refractivity contribution in [3.05, 3.63) is 90.1 Å². The van der Waals surface area contributed by atoms with E-state index in [4.69, 9.17) is 0 Å². The molecule has 5 rings (SSSR count). The Morgan fingerprint density at radius 3 is 2.44 bits per heavy atom. The Labute approximate surface area is 185 Å². The number of carbonyl (C=O) groups is 2. The molecule has 0 unspecified atom stereocenters. The number of fused-ring (bicyclic) bond motifs is 3. The third-order valence-electron chi connectivity index (χ3n) is 6.00. The van der Waals surface area contributed by atoms with E-state index < -0.39 is 5.97 Å². The molecule has 0 fully saturated rings. The number of aromatic nitrogens is 1. The average molecular weight is 425 g/mol. The third-order valence-corrected chi connectivity index (χ3v) is 6.00. The fourth-order valence-corrected chi connectivity index (χ4v) is 4.55. The predicted octanol–water partition coefficient (Wildman–Crippen LogP) is 4.98. The Morgan fingerprint density at radius 2 is 1.62 bits per heavy atom. The van der Waals surface area contributed by atoms with E-state index in [-0.39, 0.29) is 12.6 Å². The number of amides is 2. The molecular weight excluding hydrogens is 402 g/mol. The first kappa shape index (κ1) is 19.9. The summed E-state index contributed by atoms with van der Waals surface area (Å²) >= 11 is 0. The van der Waals surface area contributed by atoms with Crippen molar-refractivity contribution in [1.29, 1.82) is 0 Å². The van der Waals surface area contributed by atoms with Gasteiger partial charge in [-0.1, -0.05) is 66.7 Å². The van der Waals surface area contributed by atoms with Gasteiger partial charge in [0.15, 0.2) is 0 Å². The van der Waals surface area contributed by atoms with E-state index >= 15 is 0 Å². The summed E-state index contributed by atoms with van der Waals surface area (Å²) in [7, 11) is 0. The van der Waals surface area contributed by atoms with Crippen LogP contribution in [0.15, 0.2) is 78.9 Å². The number of anilines is 1. The van der Waals surface area contributed by atoms with E-state index in [0.717, 1.165) is 39.0 Å². The number of aliphatic carboxylic acids is 1. The first-order valence-electron chi connectivity index (χ1n) is 10.6. The van der Waals surface area contributed by atoms with Gasteiger partial charge in [-0.3, -0.25) is 4.79 Å². The van der Waals surface area contributed by atoms with Crippen molar-refractivity contribution in [3.8, 4) is 11.1 Å². The number of rotatable bonds is 4. The van der Waals surface area contributed by atoms with Gasteiger partial charge in [0.1, 0.15) is 6.54 Å². The van der Waals surface area contributed by atoms with Crippen LogP contribution in [0.2, 0.25) is 0 Å². The van der Waals surface area contributed by atoms with E-state index in [1.807, 2.05) is 83.4 Å². The highest BCUT2D eigenvalue weighted by Crippen LogP contribution is 2.32. The number of hydrogen-bond donors (Lipinski definition) is 2. The molecule has 2 amide bonds. The second kappa shape index (κ2) is 8.23. The maximum absolute atomic E-state index is 13.2. The van der Waals surface area contributed by atoms with Gasteiger partial charge < -0.3 is 19.9 Å². The second-order valence-electron chi connectivity index (χ2n) is 7.94. The number of hydrogen-bond acceptors (Lipinski definition) is 2. The van der Waals surface area contributed by atoms with Crippen molar-refractivity contribution < 1.29 is 14.7 Å². The molecule has 2 heterocycles. The van der Waals surface area contributed by atoms with Gasteiger partial charge in [0.25, 0.3) is 0 Å². The minimum atomic E-state index is -0.869. The van der Waals surface area contributed by atoms with Crippen LogP contribution in [-0.4, -0.2) is 33.1 Å². The smallest absolute Gasteiger partial charge is 0.323 e. The molecule has 0 atom stereocenters. The molecule has 1 aromatic heterocycles. The monoisotopic (exact) mass is 425 g/mol. The number of carbonyl (C=O) groups excluding carboxylic acids is 1. The van der Waals surface area contributed by atoms with Crippen molar-refractivity contribution in [2.45, 2.75) is 19.5 Å². The first-order valence-corrected chi connectivity index (χ1v) is 10.6. The average Bonchev–Trinajstić information content (AvgIpc) is 3.12. The van der Waals surface area contributed by atoms with Gasteiger partial charge in [-0.2, -0.15) is 0 Å². The lowest BCUT2D eigenvalue weighted by Gasteiger charge is -2.28. The molecule has 1 aliphatic heterocycles. The lowest BCUT2D eigenvalue weighted by Crippen LogP contribution is -2.39. The third kappa shape index (κ3) is 3.60. The molecule has 6 heteroatoms. The normalized spacial score (nSPS) is 13.1. The molecule has 0 bridgehead atoms. The number of nitrogens with one attached hydrogen (secondary N) is 1. The largest absolute Gasteiger partial charge is 0.480 e. The highest BCUT2D eigenvalue weighted by atomic mass is 16.4. The molecule has 0 aliphatic carbocycles. The Hall–Kier alpha value is -4.06. The van der Waals surface area contributed by atoms with Crippen molar-refractivity contribution in [2.75, 3.05) is 11.9 Å². The van der Waals surface area contributed by atoms with Gasteiger partial charge in [-0.25, -0.2) is 4.79 Å². The summed E-state index contributed by atoms with van der Waals surface area (Å²) in [6, 6.07) is 25.4. The fraction of sp³-hybridized carbons (Fsp3) is 0.154. The maximum Gasteiger partial charge on any atom is 0.323 e. The quantitative estimate of drug-likeness (QED) is 0.484. The van der Waals surface area contributed by atoms with Gasteiger partial charge in [0, 0.05) is 47.2 Å². The summed E-state index contributed by atoms with van der Waals surface area (Å²) in [5.74, 6) is -0.869. The zero-order chi connectivity index (χ0) is 22.1. The molecule has 0 radical (unpaired) electrons. The molecule has 0 saturated carbocycles. The molecule has 0 spiro atoms. The van der Waals surface area contributed by atoms with Crippen molar-refractivity contribution >= 4 is 28.6 Å². The number of para-hydroxylation sites is 2. The summed E-state index contributed by atoms with van der Waals surface area (Å²) < 4.78 is 1.87. The standard InChI is InChI=1S/C26H23N3O3/c30-25(31)17-29-23-13-7-5-11-20(23)21-16-28(15-14-24(21)29)26(32)27-22-12-6-4-10-19(22)18-8-2-1-3-9-18/h1-13H,14-17H2,(H,27,32)(H,30,31). The minimum Gasteiger partial charge on any atom is -0.480 e. The van der Waals surface area contributed by atoms with Crippen molar-refractivity contribution in [1.82, 2.24) is 9.47 Å². The first-order chi connectivity index (χ1) is 15.6. The van der Waals surface area contributed by atoms with Crippen LogP contribution in [0.25, 0.3) is 22.0 Å². The molecule has 1 aliphatic rings. The van der Waals surface area contributed by atoms with Crippen LogP contribution in [0.1, 0.15) is 11.3 Å². The molecule has 2 N–H and O–H groups in total. The maximum atomic E-state index is 13.2. The van der Waals surface area contributed by atoms with Gasteiger partial charge in [0.05, 0.1) is 5.69 Å². The molecule has 6 nitrogen and oxygen atoms in total. The van der Waals surface area contributed by atoms with Crippen LogP contribution >= 0.6 is 0 Å². The van der Waals surface area contributed by atoms with E-state index in [1.165, 1.54) is 0 Å². The van der Waals surface area contributed by atoms with Gasteiger partial charge in [-0.15, -0.1) is 0 Å². The lowest BCUT2D eigenvalue weighted by molar-refractivity contribution is -0.137. The molecule has 32 heavy (non-hydrogen) atoms. The molecule has 3 aromatic carbocycles. The summed E-state index contributed by atoms with van der Waals surface area (Å²) in [6.07, 6.45) is 0.616. The SMILES string of the molecule is O=C(O)Cn1c2c(c3ccccc31)CN(C(=O)Nc1ccccc1-c1ccccc1)CC2. The summed E-state index contributed by atoms with van der Waals surface area (Å²) in [4.78, 5) is 26.4. The van der Waals surface area contributed by atoms with Crippen LogP contribution in [0.5, 0.6) is 0 Å². The molecule has 0 saturated heterocycles. The topological polar surface area (TPSA) is 74.6 Å². The van der Waals surface area contributed by atoms with E-state index in [1.54, 1.807) is 4.90 Å². The Morgan fingerprint density at radius 1 is 0.906 bits per heavy atom. The van der Waals surface area contributed by atoms with E-state index in [9.17, 15) is 14.7 Å². The molecule has 160 valence electrons. The summed E-state index contributed by atoms with van der Waals surface area (Å²) in [5, 5.41) is 13.5. The van der Waals surface area contributed by atoms with Crippen molar-refractivity contribution in [3.63, 3.8) is 0 Å². The van der Waals surface area contributed by atoms with Gasteiger partial charge in [-0.05, 0) is 17.7 Å². The number of carboxylic acids is 1. The number of benzene rings is 3. The summed E-state index contributed by atoms with van der Waals surface area (Å²) in [6.45, 7) is 0.899. The predicted molar refractivity (Wildman–Crippen MR) is 125 cm³/mol. The van der Waals surface area contributed by atoms with Gasteiger partial charge >= 0.3 is 12.0 Å². The Balaban J connectivity index is 1.43. The Bertz CT molecular complexity index is 1310. The second-order valence-corrected chi connectivity index (χ2v) is 7.94. The van der Waals surface area contributed by atoms with Crippen LogP contribution in [0.3, 0.4) is 0 Å². The number of nitrogens with zero attached hydrogens (tertiary/aromatic N) is 2. The number of carboxylic acid groups (broad SMARTS) is 1. The Kier molecular flexibility index (Phi) is 5.11. The van der Waals surface area contributed by atoms with Gasteiger partial charge in [0.2, 0.25) is 0 Å². The summed E-state index contributed by atoms with van der Waals surface area (Å²) in [5.41, 5.74) is 5.71. The van der Waals surface area contributed by atoms with E-state index in [2.05, 4.69) is 5.32 Å². The molecular formula is C26H23N3O3.